The lowest BCUT2D eigenvalue weighted by Gasteiger charge is -2.23. The Morgan fingerprint density at radius 1 is 1.47 bits per heavy atom. The van der Waals surface area contributed by atoms with Crippen LogP contribution in [0, 0.1) is 5.92 Å². The minimum Gasteiger partial charge on any atom is -0.305 e. The fourth-order valence-corrected chi connectivity index (χ4v) is 3.54. The predicted octanol–water partition coefficient (Wildman–Crippen LogP) is 4.54. The summed E-state index contributed by atoms with van der Waals surface area (Å²) in [5.74, 6) is 0.846. The van der Waals surface area contributed by atoms with Gasteiger partial charge in [-0.25, -0.2) is 0 Å². The Bertz CT molecular complexity index is 343. The van der Waals surface area contributed by atoms with Crippen LogP contribution in [0.5, 0.6) is 0 Å². The van der Waals surface area contributed by atoms with E-state index in [9.17, 15) is 0 Å². The molecule has 1 aromatic heterocycles. The third-order valence-corrected chi connectivity index (χ3v) is 4.52. The second-order valence-corrected chi connectivity index (χ2v) is 6.21. The van der Waals surface area contributed by atoms with Crippen molar-refractivity contribution in [2.45, 2.75) is 45.6 Å². The topological polar surface area (TPSA) is 12.0 Å². The Kier molecular flexibility index (Phi) is 4.81. The van der Waals surface area contributed by atoms with Gasteiger partial charge in [-0.2, -0.15) is 0 Å². The van der Waals surface area contributed by atoms with Crippen LogP contribution in [-0.4, -0.2) is 6.54 Å². The highest BCUT2D eigenvalue weighted by molar-refractivity contribution is 7.10. The third-order valence-electron chi connectivity index (χ3n) is 3.57. The normalized spacial score (nSPS) is 18.2. The highest BCUT2D eigenvalue weighted by Gasteiger charge is 2.26. The Labute approximate surface area is 109 Å². The van der Waals surface area contributed by atoms with E-state index < -0.39 is 0 Å². The van der Waals surface area contributed by atoms with Crippen molar-refractivity contribution >= 4 is 11.3 Å². The van der Waals surface area contributed by atoms with Gasteiger partial charge in [0, 0.05) is 17.5 Å². The zero-order valence-corrected chi connectivity index (χ0v) is 11.7. The lowest BCUT2D eigenvalue weighted by atomic mass is 9.96. The summed E-state index contributed by atoms with van der Waals surface area (Å²) in [5, 5.41) is 5.92. The van der Waals surface area contributed by atoms with Gasteiger partial charge in [-0.15, -0.1) is 11.3 Å². The number of allylic oxidation sites excluding steroid dienone is 1. The lowest BCUT2D eigenvalue weighted by molar-refractivity contribution is 0.385. The summed E-state index contributed by atoms with van der Waals surface area (Å²) in [5.41, 5.74) is 1.40. The molecule has 1 N–H and O–H groups in total. The molecular formula is C15H23NS. The summed E-state index contributed by atoms with van der Waals surface area (Å²) in [4.78, 5) is 1.51. The van der Waals surface area contributed by atoms with Crippen LogP contribution in [0.25, 0.3) is 0 Å². The van der Waals surface area contributed by atoms with Crippen LogP contribution in [0.3, 0.4) is 0 Å². The van der Waals surface area contributed by atoms with Gasteiger partial charge in [0.1, 0.15) is 0 Å². The highest BCUT2D eigenvalue weighted by atomic mass is 32.1. The Hall–Kier alpha value is -0.600. The first-order valence-electron chi connectivity index (χ1n) is 6.67. The zero-order chi connectivity index (χ0) is 12.1. The lowest BCUT2D eigenvalue weighted by Crippen LogP contribution is -2.26. The smallest absolute Gasteiger partial charge is 0.0445 e. The van der Waals surface area contributed by atoms with Crippen molar-refractivity contribution in [3.63, 3.8) is 0 Å². The standard InChI is InChI=1S/C15H23NS/c1-12(2)9-10-16-15(13-6-3-4-7-13)14-8-5-11-17-14/h5,8-9,11,13,15-16H,3-4,6-7,10H2,1-2H3. The first-order chi connectivity index (χ1) is 8.27. The average Bonchev–Trinajstić information content (AvgIpc) is 2.97. The first-order valence-corrected chi connectivity index (χ1v) is 7.55. The van der Waals surface area contributed by atoms with E-state index in [0.29, 0.717) is 6.04 Å². The predicted molar refractivity (Wildman–Crippen MR) is 76.5 cm³/mol. The SMILES string of the molecule is CC(C)=CCNC(c1cccs1)C1CCCC1. The van der Waals surface area contributed by atoms with Gasteiger partial charge in [0.05, 0.1) is 0 Å². The molecule has 17 heavy (non-hydrogen) atoms. The maximum atomic E-state index is 3.73. The molecule has 0 aliphatic heterocycles. The van der Waals surface area contributed by atoms with Crippen LogP contribution in [-0.2, 0) is 0 Å². The van der Waals surface area contributed by atoms with E-state index in [-0.39, 0.29) is 0 Å². The minimum atomic E-state index is 0.577. The van der Waals surface area contributed by atoms with Crippen molar-refractivity contribution in [2.24, 2.45) is 5.92 Å². The molecule has 0 radical (unpaired) electrons. The number of hydrogen-bond acceptors (Lipinski definition) is 2. The highest BCUT2D eigenvalue weighted by Crippen LogP contribution is 2.37. The fraction of sp³-hybridized carbons (Fsp3) is 0.600. The van der Waals surface area contributed by atoms with Crippen LogP contribution in [0.4, 0.5) is 0 Å². The van der Waals surface area contributed by atoms with Crippen molar-refractivity contribution < 1.29 is 0 Å². The Morgan fingerprint density at radius 3 is 2.82 bits per heavy atom. The van der Waals surface area contributed by atoms with Gasteiger partial charge in [0.15, 0.2) is 0 Å². The van der Waals surface area contributed by atoms with Gasteiger partial charge in [-0.3, -0.25) is 0 Å². The summed E-state index contributed by atoms with van der Waals surface area (Å²) in [6.07, 6.45) is 7.90. The number of rotatable bonds is 5. The largest absolute Gasteiger partial charge is 0.305 e. The molecule has 0 spiro atoms. The molecule has 2 heteroatoms. The molecule has 1 nitrogen and oxygen atoms in total. The Morgan fingerprint density at radius 2 is 2.24 bits per heavy atom. The van der Waals surface area contributed by atoms with E-state index in [1.807, 2.05) is 11.3 Å². The number of thiophene rings is 1. The van der Waals surface area contributed by atoms with Gasteiger partial charge in [0.2, 0.25) is 0 Å². The molecule has 0 saturated heterocycles. The van der Waals surface area contributed by atoms with E-state index in [2.05, 4.69) is 42.8 Å². The molecule has 1 fully saturated rings. The maximum absolute atomic E-state index is 3.73. The molecule has 94 valence electrons. The Balaban J connectivity index is 1.99. The quantitative estimate of drug-likeness (QED) is 0.756. The fourth-order valence-electron chi connectivity index (χ4n) is 2.65. The van der Waals surface area contributed by atoms with Gasteiger partial charge in [0.25, 0.3) is 0 Å². The second-order valence-electron chi connectivity index (χ2n) is 5.23. The molecule has 0 amide bonds. The van der Waals surface area contributed by atoms with Crippen molar-refractivity contribution in [1.29, 1.82) is 0 Å². The molecule has 1 aromatic rings. The third kappa shape index (κ3) is 3.68. The summed E-state index contributed by atoms with van der Waals surface area (Å²) in [6.45, 7) is 5.33. The summed E-state index contributed by atoms with van der Waals surface area (Å²) in [7, 11) is 0. The zero-order valence-electron chi connectivity index (χ0n) is 10.9. The molecular weight excluding hydrogens is 226 g/mol. The molecule has 2 rings (SSSR count). The molecule has 1 saturated carbocycles. The van der Waals surface area contributed by atoms with Gasteiger partial charge in [-0.1, -0.05) is 30.6 Å². The van der Waals surface area contributed by atoms with Gasteiger partial charge in [-0.05, 0) is 44.1 Å². The average molecular weight is 249 g/mol. The van der Waals surface area contributed by atoms with Crippen molar-refractivity contribution in [2.75, 3.05) is 6.54 Å². The minimum absolute atomic E-state index is 0.577. The molecule has 1 heterocycles. The maximum Gasteiger partial charge on any atom is 0.0445 e. The molecule has 1 atom stereocenters. The van der Waals surface area contributed by atoms with Crippen LogP contribution >= 0.6 is 11.3 Å². The van der Waals surface area contributed by atoms with Crippen LogP contribution in [0.1, 0.15) is 50.4 Å². The van der Waals surface area contributed by atoms with E-state index in [4.69, 9.17) is 0 Å². The van der Waals surface area contributed by atoms with Crippen molar-refractivity contribution in [3.05, 3.63) is 34.0 Å². The van der Waals surface area contributed by atoms with E-state index in [1.165, 1.54) is 36.1 Å². The molecule has 1 unspecified atom stereocenters. The van der Waals surface area contributed by atoms with Crippen LogP contribution in [0.2, 0.25) is 0 Å². The summed E-state index contributed by atoms with van der Waals surface area (Å²) >= 11 is 1.89. The van der Waals surface area contributed by atoms with E-state index >= 15 is 0 Å². The van der Waals surface area contributed by atoms with Gasteiger partial charge >= 0.3 is 0 Å². The monoisotopic (exact) mass is 249 g/mol. The summed E-state index contributed by atoms with van der Waals surface area (Å²) < 4.78 is 0. The molecule has 1 aliphatic rings. The van der Waals surface area contributed by atoms with Crippen molar-refractivity contribution in [3.8, 4) is 0 Å². The molecule has 0 aromatic carbocycles. The van der Waals surface area contributed by atoms with Crippen LogP contribution in [0.15, 0.2) is 29.2 Å². The van der Waals surface area contributed by atoms with E-state index in [0.717, 1.165) is 12.5 Å². The van der Waals surface area contributed by atoms with E-state index in [1.54, 1.807) is 0 Å². The second kappa shape index (κ2) is 6.36. The molecule has 1 aliphatic carbocycles. The van der Waals surface area contributed by atoms with Gasteiger partial charge < -0.3 is 5.32 Å². The summed E-state index contributed by atoms with van der Waals surface area (Å²) in [6, 6.07) is 5.03. The number of hydrogen-bond donors (Lipinski definition) is 1. The molecule has 0 bridgehead atoms. The van der Waals surface area contributed by atoms with Crippen molar-refractivity contribution in [1.82, 2.24) is 5.32 Å². The number of nitrogens with one attached hydrogen (secondary N) is 1. The van der Waals surface area contributed by atoms with Crippen LogP contribution < -0.4 is 5.32 Å². The first kappa shape index (κ1) is 12.8.